The smallest absolute Gasteiger partial charge is 0.165 e. The van der Waals surface area contributed by atoms with Crippen LogP contribution in [0.25, 0.3) is 16.8 Å². The fourth-order valence-electron chi connectivity index (χ4n) is 3.94. The van der Waals surface area contributed by atoms with Crippen molar-refractivity contribution in [1.29, 1.82) is 0 Å². The SMILES string of the molecule is COc1ccc(-c2c(C)nn3c(N4CCC[C@H](O)C4)c(C)c(C)nc23)cc1. The molecule has 0 bridgehead atoms. The molecular weight excluding hydrogens is 340 g/mol. The molecule has 0 saturated carbocycles. The van der Waals surface area contributed by atoms with E-state index in [4.69, 9.17) is 14.8 Å². The number of aliphatic hydroxyl groups excluding tert-OH is 1. The van der Waals surface area contributed by atoms with E-state index < -0.39 is 0 Å². The summed E-state index contributed by atoms with van der Waals surface area (Å²) in [5.74, 6) is 1.87. The molecule has 1 fully saturated rings. The van der Waals surface area contributed by atoms with Crippen molar-refractivity contribution in [2.24, 2.45) is 0 Å². The van der Waals surface area contributed by atoms with Gasteiger partial charge in [-0.25, -0.2) is 4.98 Å². The van der Waals surface area contributed by atoms with E-state index in [1.165, 1.54) is 0 Å². The highest BCUT2D eigenvalue weighted by atomic mass is 16.5. The highest BCUT2D eigenvalue weighted by molar-refractivity contribution is 5.81. The van der Waals surface area contributed by atoms with Crippen LogP contribution in [0.3, 0.4) is 0 Å². The fraction of sp³-hybridized carbons (Fsp3) is 0.429. The van der Waals surface area contributed by atoms with Crippen molar-refractivity contribution in [1.82, 2.24) is 14.6 Å². The van der Waals surface area contributed by atoms with E-state index in [-0.39, 0.29) is 6.10 Å². The quantitative estimate of drug-likeness (QED) is 0.771. The van der Waals surface area contributed by atoms with Gasteiger partial charge in [0.25, 0.3) is 0 Å². The predicted molar refractivity (Wildman–Crippen MR) is 107 cm³/mol. The fourth-order valence-corrected chi connectivity index (χ4v) is 3.94. The summed E-state index contributed by atoms with van der Waals surface area (Å²) in [6, 6.07) is 8.01. The summed E-state index contributed by atoms with van der Waals surface area (Å²) >= 11 is 0. The lowest BCUT2D eigenvalue weighted by Gasteiger charge is -2.33. The lowest BCUT2D eigenvalue weighted by molar-refractivity contribution is 0.153. The van der Waals surface area contributed by atoms with Crippen molar-refractivity contribution < 1.29 is 9.84 Å². The molecular formula is C21H26N4O2. The Balaban J connectivity index is 1.91. The number of aliphatic hydroxyl groups is 1. The average molecular weight is 366 g/mol. The van der Waals surface area contributed by atoms with E-state index in [9.17, 15) is 5.11 Å². The zero-order valence-electron chi connectivity index (χ0n) is 16.4. The number of methoxy groups -OCH3 is 1. The minimum absolute atomic E-state index is 0.292. The molecule has 0 aliphatic carbocycles. The Kier molecular flexibility index (Phi) is 4.52. The van der Waals surface area contributed by atoms with Gasteiger partial charge in [-0.3, -0.25) is 0 Å². The van der Waals surface area contributed by atoms with Crippen LogP contribution < -0.4 is 9.64 Å². The summed E-state index contributed by atoms with van der Waals surface area (Å²) in [5, 5.41) is 15.0. The molecule has 1 aromatic carbocycles. The summed E-state index contributed by atoms with van der Waals surface area (Å²) in [4.78, 5) is 7.11. The highest BCUT2D eigenvalue weighted by Gasteiger charge is 2.25. The first-order valence-electron chi connectivity index (χ1n) is 9.43. The number of hydrogen-bond acceptors (Lipinski definition) is 5. The van der Waals surface area contributed by atoms with Crippen molar-refractivity contribution in [3.63, 3.8) is 0 Å². The van der Waals surface area contributed by atoms with Crippen LogP contribution in [0.1, 0.15) is 29.8 Å². The first-order valence-corrected chi connectivity index (χ1v) is 9.43. The van der Waals surface area contributed by atoms with E-state index in [0.717, 1.165) is 64.7 Å². The second-order valence-corrected chi connectivity index (χ2v) is 7.31. The first-order chi connectivity index (χ1) is 13.0. The van der Waals surface area contributed by atoms with Gasteiger partial charge in [-0.2, -0.15) is 9.61 Å². The molecule has 6 heteroatoms. The van der Waals surface area contributed by atoms with Crippen LogP contribution in [-0.2, 0) is 0 Å². The van der Waals surface area contributed by atoms with E-state index in [0.29, 0.717) is 6.54 Å². The number of piperidine rings is 1. The average Bonchev–Trinajstić information content (AvgIpc) is 2.98. The molecule has 3 heterocycles. The van der Waals surface area contributed by atoms with Crippen LogP contribution in [-0.4, -0.2) is 46.0 Å². The number of benzene rings is 1. The molecule has 3 aromatic rings. The number of β-amino-alcohol motifs (C(OH)–C–C–N with tert-alkyl or cyclic N) is 1. The lowest BCUT2D eigenvalue weighted by Crippen LogP contribution is -2.40. The van der Waals surface area contributed by atoms with Gasteiger partial charge in [0.2, 0.25) is 0 Å². The minimum Gasteiger partial charge on any atom is -0.497 e. The largest absolute Gasteiger partial charge is 0.497 e. The third-order valence-electron chi connectivity index (χ3n) is 5.46. The van der Waals surface area contributed by atoms with Crippen molar-refractivity contribution in [3.05, 3.63) is 41.2 Å². The molecule has 4 rings (SSSR count). The van der Waals surface area contributed by atoms with E-state index in [1.807, 2.05) is 42.6 Å². The summed E-state index contributed by atoms with van der Waals surface area (Å²) in [7, 11) is 1.67. The Morgan fingerprint density at radius 1 is 1.11 bits per heavy atom. The molecule has 142 valence electrons. The number of ether oxygens (including phenoxy) is 1. The summed E-state index contributed by atoms with van der Waals surface area (Å²) in [5.41, 5.74) is 6.02. The maximum absolute atomic E-state index is 10.2. The van der Waals surface area contributed by atoms with Crippen molar-refractivity contribution in [3.8, 4) is 16.9 Å². The molecule has 0 spiro atoms. The molecule has 2 aromatic heterocycles. The van der Waals surface area contributed by atoms with E-state index in [2.05, 4.69) is 11.8 Å². The number of rotatable bonds is 3. The summed E-state index contributed by atoms with van der Waals surface area (Å²) in [6.07, 6.45) is 1.55. The van der Waals surface area contributed by atoms with Gasteiger partial charge >= 0.3 is 0 Å². The van der Waals surface area contributed by atoms with Crippen LogP contribution in [0.2, 0.25) is 0 Å². The van der Waals surface area contributed by atoms with Crippen molar-refractivity contribution in [2.75, 3.05) is 25.1 Å². The van der Waals surface area contributed by atoms with Crippen LogP contribution in [0.15, 0.2) is 24.3 Å². The van der Waals surface area contributed by atoms with Gasteiger partial charge in [0.15, 0.2) is 5.65 Å². The number of fused-ring (bicyclic) bond motifs is 1. The molecule has 1 saturated heterocycles. The Labute approximate surface area is 159 Å². The Morgan fingerprint density at radius 3 is 2.52 bits per heavy atom. The zero-order valence-corrected chi connectivity index (χ0v) is 16.4. The van der Waals surface area contributed by atoms with Gasteiger partial charge in [-0.1, -0.05) is 12.1 Å². The highest BCUT2D eigenvalue weighted by Crippen LogP contribution is 2.33. The van der Waals surface area contributed by atoms with Crippen LogP contribution in [0.5, 0.6) is 5.75 Å². The summed E-state index contributed by atoms with van der Waals surface area (Å²) in [6.45, 7) is 7.71. The number of aromatic nitrogens is 3. The van der Waals surface area contributed by atoms with Gasteiger partial charge in [-0.15, -0.1) is 0 Å². The minimum atomic E-state index is -0.292. The van der Waals surface area contributed by atoms with Gasteiger partial charge in [0, 0.05) is 29.9 Å². The molecule has 27 heavy (non-hydrogen) atoms. The molecule has 0 amide bonds. The first kappa shape index (κ1) is 17.8. The van der Waals surface area contributed by atoms with Gasteiger partial charge in [0.1, 0.15) is 11.6 Å². The van der Waals surface area contributed by atoms with Crippen molar-refractivity contribution >= 4 is 11.5 Å². The third kappa shape index (κ3) is 3.04. The number of anilines is 1. The standard InChI is InChI=1S/C21H26N4O2/c1-13-14(2)22-20-19(16-7-9-18(27-4)10-8-16)15(3)23-25(20)21(13)24-11-5-6-17(26)12-24/h7-10,17,26H,5-6,11-12H2,1-4H3/t17-/m0/s1. The normalized spacial score (nSPS) is 17.5. The molecule has 0 radical (unpaired) electrons. The van der Waals surface area contributed by atoms with Crippen LogP contribution >= 0.6 is 0 Å². The van der Waals surface area contributed by atoms with Crippen LogP contribution in [0, 0.1) is 20.8 Å². The number of aryl methyl sites for hydroxylation is 2. The van der Waals surface area contributed by atoms with E-state index in [1.54, 1.807) is 7.11 Å². The van der Waals surface area contributed by atoms with Gasteiger partial charge < -0.3 is 14.7 Å². The van der Waals surface area contributed by atoms with Gasteiger partial charge in [0.05, 0.1) is 18.9 Å². The topological polar surface area (TPSA) is 62.9 Å². The lowest BCUT2D eigenvalue weighted by atomic mass is 10.1. The molecule has 1 aliphatic heterocycles. The maximum atomic E-state index is 10.2. The Hall–Kier alpha value is -2.60. The second-order valence-electron chi connectivity index (χ2n) is 7.31. The monoisotopic (exact) mass is 366 g/mol. The molecule has 1 aliphatic rings. The molecule has 0 unspecified atom stereocenters. The van der Waals surface area contributed by atoms with Crippen LogP contribution in [0.4, 0.5) is 5.82 Å². The Morgan fingerprint density at radius 2 is 1.85 bits per heavy atom. The number of hydrogen-bond donors (Lipinski definition) is 1. The molecule has 6 nitrogen and oxygen atoms in total. The van der Waals surface area contributed by atoms with Gasteiger partial charge in [-0.05, 0) is 51.3 Å². The number of nitrogens with zero attached hydrogens (tertiary/aromatic N) is 4. The molecule has 1 N–H and O–H groups in total. The maximum Gasteiger partial charge on any atom is 0.165 e. The molecule has 1 atom stereocenters. The van der Waals surface area contributed by atoms with Crippen molar-refractivity contribution in [2.45, 2.75) is 39.7 Å². The summed E-state index contributed by atoms with van der Waals surface area (Å²) < 4.78 is 7.23. The van der Waals surface area contributed by atoms with E-state index >= 15 is 0 Å². The third-order valence-corrected chi connectivity index (χ3v) is 5.46. The Bertz CT molecular complexity index is 978. The zero-order chi connectivity index (χ0) is 19.1. The second kappa shape index (κ2) is 6.85. The predicted octanol–water partition coefficient (Wildman–Crippen LogP) is 3.29.